The summed E-state index contributed by atoms with van der Waals surface area (Å²) in [5, 5.41) is 5.83. The number of aryl methyl sites for hydroxylation is 1. The molecule has 2 aromatic carbocycles. The molecule has 122 valence electrons. The quantitative estimate of drug-likeness (QED) is 0.891. The lowest BCUT2D eigenvalue weighted by molar-refractivity contribution is -0.118. The maximum absolute atomic E-state index is 12.5. The number of hydrogen-bond donors (Lipinski definition) is 2. The molecule has 2 amide bonds. The second kappa shape index (κ2) is 6.00. The van der Waals surface area contributed by atoms with Crippen LogP contribution in [0.2, 0.25) is 0 Å². The van der Waals surface area contributed by atoms with Crippen LogP contribution in [-0.4, -0.2) is 24.5 Å². The van der Waals surface area contributed by atoms with Gasteiger partial charge in [-0.2, -0.15) is 0 Å². The smallest absolute Gasteiger partial charge is 0.262 e. The Hall–Kier alpha value is -2.82. The third-order valence-corrected chi connectivity index (χ3v) is 4.56. The van der Waals surface area contributed by atoms with Gasteiger partial charge in [-0.1, -0.05) is 24.3 Å². The van der Waals surface area contributed by atoms with Gasteiger partial charge in [0.15, 0.2) is 6.61 Å². The van der Waals surface area contributed by atoms with E-state index in [1.807, 2.05) is 6.07 Å². The van der Waals surface area contributed by atoms with Crippen molar-refractivity contribution >= 4 is 17.5 Å². The van der Waals surface area contributed by atoms with Gasteiger partial charge in [0.2, 0.25) is 0 Å². The standard InChI is InChI=1S/C19H18N2O3/c22-18-11-24-17-10-14(6-8-16(17)21-18)19(23)20-15-7-5-12-3-1-2-4-13(12)9-15/h1-4,6,8,10,15H,5,7,9,11H2,(H,20,23)(H,21,22)/t15-/m0/s1. The highest BCUT2D eigenvalue weighted by Gasteiger charge is 2.22. The van der Waals surface area contributed by atoms with E-state index in [-0.39, 0.29) is 24.5 Å². The largest absolute Gasteiger partial charge is 0.482 e. The van der Waals surface area contributed by atoms with Crippen molar-refractivity contribution in [2.24, 2.45) is 0 Å². The third-order valence-electron chi connectivity index (χ3n) is 4.56. The predicted molar refractivity (Wildman–Crippen MR) is 90.3 cm³/mol. The molecule has 0 fully saturated rings. The van der Waals surface area contributed by atoms with E-state index in [1.165, 1.54) is 11.1 Å². The fourth-order valence-electron chi connectivity index (χ4n) is 3.31. The van der Waals surface area contributed by atoms with Crippen LogP contribution in [0.1, 0.15) is 27.9 Å². The van der Waals surface area contributed by atoms with Gasteiger partial charge >= 0.3 is 0 Å². The lowest BCUT2D eigenvalue weighted by atomic mass is 9.88. The first-order valence-corrected chi connectivity index (χ1v) is 8.13. The summed E-state index contributed by atoms with van der Waals surface area (Å²) in [4.78, 5) is 23.8. The molecule has 5 nitrogen and oxygen atoms in total. The molecule has 1 aliphatic carbocycles. The summed E-state index contributed by atoms with van der Waals surface area (Å²) >= 11 is 0. The molecule has 2 aromatic rings. The Balaban J connectivity index is 1.46. The zero-order valence-corrected chi connectivity index (χ0v) is 13.2. The zero-order valence-electron chi connectivity index (χ0n) is 13.2. The molecule has 0 bridgehead atoms. The highest BCUT2D eigenvalue weighted by Crippen LogP contribution is 2.28. The van der Waals surface area contributed by atoms with Gasteiger partial charge in [-0.25, -0.2) is 0 Å². The normalized spacial score (nSPS) is 18.7. The molecule has 0 saturated carbocycles. The molecule has 0 spiro atoms. The second-order valence-corrected chi connectivity index (χ2v) is 6.23. The minimum absolute atomic E-state index is 0.0164. The van der Waals surface area contributed by atoms with Crippen LogP contribution in [0.4, 0.5) is 5.69 Å². The molecule has 0 unspecified atom stereocenters. The first kappa shape index (κ1) is 14.8. The number of rotatable bonds is 2. The minimum Gasteiger partial charge on any atom is -0.482 e. The number of nitrogens with one attached hydrogen (secondary N) is 2. The zero-order chi connectivity index (χ0) is 16.5. The van der Waals surface area contributed by atoms with Crippen LogP contribution < -0.4 is 15.4 Å². The highest BCUT2D eigenvalue weighted by molar-refractivity contribution is 5.99. The van der Waals surface area contributed by atoms with Crippen LogP contribution in [0, 0.1) is 0 Å². The summed E-state index contributed by atoms with van der Waals surface area (Å²) in [6.07, 6.45) is 2.79. The Kier molecular flexibility index (Phi) is 3.69. The van der Waals surface area contributed by atoms with E-state index in [2.05, 4.69) is 28.8 Å². The molecule has 0 saturated heterocycles. The highest BCUT2D eigenvalue weighted by atomic mass is 16.5. The van der Waals surface area contributed by atoms with Crippen LogP contribution in [0.3, 0.4) is 0 Å². The van der Waals surface area contributed by atoms with Crippen LogP contribution in [0.5, 0.6) is 5.75 Å². The average molecular weight is 322 g/mol. The van der Waals surface area contributed by atoms with Gasteiger partial charge in [0.1, 0.15) is 5.75 Å². The average Bonchev–Trinajstić information content (AvgIpc) is 2.61. The molecular weight excluding hydrogens is 304 g/mol. The van der Waals surface area contributed by atoms with E-state index in [9.17, 15) is 9.59 Å². The van der Waals surface area contributed by atoms with E-state index >= 15 is 0 Å². The first-order chi connectivity index (χ1) is 11.7. The molecular formula is C19H18N2O3. The molecule has 1 heterocycles. The monoisotopic (exact) mass is 322 g/mol. The van der Waals surface area contributed by atoms with Gasteiger partial charge in [0, 0.05) is 11.6 Å². The molecule has 4 rings (SSSR count). The first-order valence-electron chi connectivity index (χ1n) is 8.13. The van der Waals surface area contributed by atoms with E-state index in [1.54, 1.807) is 18.2 Å². The van der Waals surface area contributed by atoms with E-state index in [0.29, 0.717) is 17.0 Å². The van der Waals surface area contributed by atoms with Crippen molar-refractivity contribution in [3.63, 3.8) is 0 Å². The maximum Gasteiger partial charge on any atom is 0.262 e. The molecule has 2 N–H and O–H groups in total. The van der Waals surface area contributed by atoms with Crippen molar-refractivity contribution in [3.8, 4) is 5.75 Å². The van der Waals surface area contributed by atoms with Gasteiger partial charge in [-0.05, 0) is 48.6 Å². The molecule has 1 atom stereocenters. The van der Waals surface area contributed by atoms with Crippen LogP contribution >= 0.6 is 0 Å². The fraction of sp³-hybridized carbons (Fsp3) is 0.263. The summed E-state index contributed by atoms with van der Waals surface area (Å²) in [5.41, 5.74) is 3.84. The third kappa shape index (κ3) is 2.85. The van der Waals surface area contributed by atoms with E-state index < -0.39 is 0 Å². The number of anilines is 1. The number of amides is 2. The minimum atomic E-state index is -0.180. The number of fused-ring (bicyclic) bond motifs is 2. The number of hydrogen-bond acceptors (Lipinski definition) is 3. The van der Waals surface area contributed by atoms with E-state index in [0.717, 1.165) is 19.3 Å². The molecule has 1 aliphatic heterocycles. The maximum atomic E-state index is 12.5. The van der Waals surface area contributed by atoms with E-state index in [4.69, 9.17) is 4.74 Å². The lowest BCUT2D eigenvalue weighted by Gasteiger charge is -2.25. The molecule has 5 heteroatoms. The number of carbonyl (C=O) groups is 2. The van der Waals surface area contributed by atoms with Crippen molar-refractivity contribution in [2.75, 3.05) is 11.9 Å². The Morgan fingerprint density at radius 2 is 2.00 bits per heavy atom. The summed E-state index contributed by atoms with van der Waals surface area (Å²) in [6.45, 7) is -0.0164. The number of carbonyl (C=O) groups excluding carboxylic acids is 2. The topological polar surface area (TPSA) is 67.4 Å². The van der Waals surface area contributed by atoms with Gasteiger partial charge in [0.05, 0.1) is 5.69 Å². The Bertz CT molecular complexity index is 816. The van der Waals surface area contributed by atoms with Crippen LogP contribution in [0.25, 0.3) is 0 Å². The number of benzene rings is 2. The van der Waals surface area contributed by atoms with Crippen LogP contribution in [0.15, 0.2) is 42.5 Å². The predicted octanol–water partition coefficient (Wildman–Crippen LogP) is 2.30. The molecule has 0 radical (unpaired) electrons. The Morgan fingerprint density at radius 3 is 2.88 bits per heavy atom. The van der Waals surface area contributed by atoms with Gasteiger partial charge in [-0.3, -0.25) is 9.59 Å². The van der Waals surface area contributed by atoms with Crippen molar-refractivity contribution < 1.29 is 14.3 Å². The fourth-order valence-corrected chi connectivity index (χ4v) is 3.31. The molecule has 0 aromatic heterocycles. The number of ether oxygens (including phenoxy) is 1. The Labute approximate surface area is 140 Å². The van der Waals surface area contributed by atoms with Crippen molar-refractivity contribution in [2.45, 2.75) is 25.3 Å². The van der Waals surface area contributed by atoms with Gasteiger partial charge < -0.3 is 15.4 Å². The summed E-state index contributed by atoms with van der Waals surface area (Å²) < 4.78 is 5.37. The van der Waals surface area contributed by atoms with Crippen molar-refractivity contribution in [1.82, 2.24) is 5.32 Å². The van der Waals surface area contributed by atoms with Crippen molar-refractivity contribution in [1.29, 1.82) is 0 Å². The SMILES string of the molecule is O=C1COc2cc(C(=O)N[C@H]3CCc4ccccc4C3)ccc2N1. The Morgan fingerprint density at radius 1 is 1.17 bits per heavy atom. The summed E-state index contributed by atoms with van der Waals surface area (Å²) in [6, 6.07) is 13.6. The van der Waals surface area contributed by atoms with Gasteiger partial charge in [0.25, 0.3) is 11.8 Å². The summed E-state index contributed by atoms with van der Waals surface area (Å²) in [7, 11) is 0. The summed E-state index contributed by atoms with van der Waals surface area (Å²) in [5.74, 6) is 0.250. The van der Waals surface area contributed by atoms with Crippen LogP contribution in [-0.2, 0) is 17.6 Å². The van der Waals surface area contributed by atoms with Gasteiger partial charge in [-0.15, -0.1) is 0 Å². The molecule has 2 aliphatic rings. The second-order valence-electron chi connectivity index (χ2n) is 6.23. The lowest BCUT2D eigenvalue weighted by Crippen LogP contribution is -2.38. The van der Waals surface area contributed by atoms with Crippen molar-refractivity contribution in [3.05, 3.63) is 59.2 Å². The molecule has 24 heavy (non-hydrogen) atoms.